The summed E-state index contributed by atoms with van der Waals surface area (Å²) in [5.74, 6) is -0.379. The maximum absolute atomic E-state index is 14.6. The molecule has 162 valence electrons. The lowest BCUT2D eigenvalue weighted by Gasteiger charge is -2.36. The van der Waals surface area contributed by atoms with Gasteiger partial charge in [-0.15, -0.1) is 10.2 Å². The second-order valence-electron chi connectivity index (χ2n) is 7.77. The van der Waals surface area contributed by atoms with Crippen LogP contribution in [0.15, 0.2) is 70.2 Å². The molecule has 0 saturated heterocycles. The van der Waals surface area contributed by atoms with E-state index in [-0.39, 0.29) is 23.9 Å². The number of rotatable bonds is 5. The summed E-state index contributed by atoms with van der Waals surface area (Å²) >= 11 is 2.91. The molecule has 0 radical (unpaired) electrons. The Morgan fingerprint density at radius 1 is 1.03 bits per heavy atom. The number of carbonyl (C=O) groups is 2. The standard InChI is InChI=1S/C24H20FN3O2S2/c25-18-10-5-4-9-16(18)17-13-21(30)28(19-11-6-12-20(29)22(17)19)23-26-27-24(32-23)31-14-15-7-2-1-3-8-15/h1-5,7-10,17H,6,11-14H2. The van der Waals surface area contributed by atoms with Crippen molar-refractivity contribution in [2.45, 2.75) is 41.7 Å². The van der Waals surface area contributed by atoms with Crippen molar-refractivity contribution in [1.29, 1.82) is 0 Å². The number of benzene rings is 2. The van der Waals surface area contributed by atoms with E-state index in [1.807, 2.05) is 18.2 Å². The number of halogens is 1. The van der Waals surface area contributed by atoms with E-state index in [0.717, 1.165) is 10.1 Å². The van der Waals surface area contributed by atoms with E-state index in [9.17, 15) is 14.0 Å². The van der Waals surface area contributed by atoms with Gasteiger partial charge in [-0.25, -0.2) is 4.39 Å². The quantitative estimate of drug-likeness (QED) is 0.368. The molecule has 1 atom stereocenters. The lowest BCUT2D eigenvalue weighted by atomic mass is 9.77. The van der Waals surface area contributed by atoms with Crippen LogP contribution in [0.2, 0.25) is 0 Å². The largest absolute Gasteiger partial charge is 0.294 e. The van der Waals surface area contributed by atoms with Crippen LogP contribution >= 0.6 is 23.1 Å². The molecule has 1 amide bonds. The van der Waals surface area contributed by atoms with Crippen LogP contribution in [-0.2, 0) is 15.3 Å². The summed E-state index contributed by atoms with van der Waals surface area (Å²) in [5, 5.41) is 9.00. The van der Waals surface area contributed by atoms with Gasteiger partial charge >= 0.3 is 0 Å². The summed E-state index contributed by atoms with van der Waals surface area (Å²) in [6.45, 7) is 0. The lowest BCUT2D eigenvalue weighted by molar-refractivity contribution is -0.119. The summed E-state index contributed by atoms with van der Waals surface area (Å²) < 4.78 is 15.3. The molecule has 5 rings (SSSR count). The molecule has 32 heavy (non-hydrogen) atoms. The first-order valence-corrected chi connectivity index (χ1v) is 12.3. The normalized spacial score (nSPS) is 18.8. The van der Waals surface area contributed by atoms with Gasteiger partial charge in [-0.05, 0) is 30.0 Å². The Hall–Kier alpha value is -2.84. The molecule has 2 aromatic carbocycles. The maximum Gasteiger partial charge on any atom is 0.234 e. The van der Waals surface area contributed by atoms with Crippen LogP contribution in [0.5, 0.6) is 0 Å². The zero-order chi connectivity index (χ0) is 22.1. The summed E-state index contributed by atoms with van der Waals surface area (Å²) in [6, 6.07) is 16.5. The fourth-order valence-electron chi connectivity index (χ4n) is 4.31. The third-order valence-corrected chi connectivity index (χ3v) is 7.86. The topological polar surface area (TPSA) is 63.2 Å². The zero-order valence-corrected chi connectivity index (χ0v) is 18.8. The smallest absolute Gasteiger partial charge is 0.234 e. The monoisotopic (exact) mass is 465 g/mol. The summed E-state index contributed by atoms with van der Waals surface area (Å²) in [4.78, 5) is 27.7. The third kappa shape index (κ3) is 4.00. The van der Waals surface area contributed by atoms with Gasteiger partial charge in [0, 0.05) is 35.8 Å². The Kier molecular flexibility index (Phi) is 5.89. The number of Topliss-reactive ketones (excluding diaryl/α,β-unsaturated/α-hetero) is 1. The van der Waals surface area contributed by atoms with Gasteiger partial charge < -0.3 is 0 Å². The number of ketones is 1. The number of hydrogen-bond acceptors (Lipinski definition) is 6. The first kappa shape index (κ1) is 21.0. The fraction of sp³-hybridized carbons (Fsp3) is 0.250. The summed E-state index contributed by atoms with van der Waals surface area (Å²) in [6.07, 6.45) is 1.71. The van der Waals surface area contributed by atoms with E-state index < -0.39 is 5.92 Å². The average Bonchev–Trinajstić information content (AvgIpc) is 3.27. The predicted molar refractivity (Wildman–Crippen MR) is 123 cm³/mol. The molecular formula is C24H20FN3O2S2. The minimum Gasteiger partial charge on any atom is -0.294 e. The molecule has 5 nitrogen and oxygen atoms in total. The van der Waals surface area contributed by atoms with Crippen molar-refractivity contribution < 1.29 is 14.0 Å². The van der Waals surface area contributed by atoms with Crippen molar-refractivity contribution in [2.24, 2.45) is 0 Å². The van der Waals surface area contributed by atoms with Gasteiger partial charge in [-0.1, -0.05) is 71.6 Å². The molecule has 0 bridgehead atoms. The Balaban J connectivity index is 1.47. The first-order chi connectivity index (χ1) is 15.6. The molecule has 8 heteroatoms. The van der Waals surface area contributed by atoms with Crippen molar-refractivity contribution in [2.75, 3.05) is 4.90 Å². The van der Waals surface area contributed by atoms with E-state index in [2.05, 4.69) is 22.3 Å². The summed E-state index contributed by atoms with van der Waals surface area (Å²) in [7, 11) is 0. The van der Waals surface area contributed by atoms with Gasteiger partial charge in [0.1, 0.15) is 5.82 Å². The van der Waals surface area contributed by atoms with E-state index in [1.54, 1.807) is 34.9 Å². The molecule has 1 unspecified atom stereocenters. The fourth-order valence-corrected chi connectivity index (χ4v) is 6.15. The highest BCUT2D eigenvalue weighted by Crippen LogP contribution is 2.45. The number of allylic oxidation sites excluding steroid dienone is 2. The minimum atomic E-state index is -0.553. The molecule has 0 spiro atoms. The Bertz CT molecular complexity index is 1210. The molecule has 3 aromatic rings. The highest BCUT2D eigenvalue weighted by Gasteiger charge is 2.41. The molecule has 0 saturated carbocycles. The van der Waals surface area contributed by atoms with Crippen molar-refractivity contribution in [3.8, 4) is 0 Å². The number of nitrogens with zero attached hydrogens (tertiary/aromatic N) is 3. The van der Waals surface area contributed by atoms with Gasteiger partial charge in [-0.3, -0.25) is 14.5 Å². The Labute approximate surface area is 193 Å². The van der Waals surface area contributed by atoms with Crippen LogP contribution in [-0.4, -0.2) is 21.9 Å². The number of hydrogen-bond donors (Lipinski definition) is 0. The highest BCUT2D eigenvalue weighted by molar-refractivity contribution is 8.00. The van der Waals surface area contributed by atoms with Crippen molar-refractivity contribution in [1.82, 2.24) is 10.2 Å². The SMILES string of the molecule is O=C1CCCC2=C1C(c1ccccc1F)CC(=O)N2c1nnc(SCc2ccccc2)s1. The Morgan fingerprint density at radius 2 is 1.81 bits per heavy atom. The molecular weight excluding hydrogens is 445 g/mol. The van der Waals surface area contributed by atoms with E-state index in [0.29, 0.717) is 41.2 Å². The summed E-state index contributed by atoms with van der Waals surface area (Å²) in [5.41, 5.74) is 2.79. The third-order valence-electron chi connectivity index (χ3n) is 5.75. The molecule has 2 heterocycles. The zero-order valence-electron chi connectivity index (χ0n) is 17.2. The van der Waals surface area contributed by atoms with E-state index in [4.69, 9.17) is 0 Å². The van der Waals surface area contributed by atoms with Crippen LogP contribution in [0.4, 0.5) is 9.52 Å². The number of carbonyl (C=O) groups excluding carboxylic acids is 2. The lowest BCUT2D eigenvalue weighted by Crippen LogP contribution is -2.40. The van der Waals surface area contributed by atoms with Crippen molar-refractivity contribution >= 4 is 39.9 Å². The first-order valence-electron chi connectivity index (χ1n) is 10.5. The van der Waals surface area contributed by atoms with Crippen molar-refractivity contribution in [3.05, 3.63) is 82.8 Å². The van der Waals surface area contributed by atoms with Crippen LogP contribution in [0.3, 0.4) is 0 Å². The molecule has 2 aliphatic rings. The van der Waals surface area contributed by atoms with E-state index in [1.165, 1.54) is 23.0 Å². The van der Waals surface area contributed by atoms with Crippen LogP contribution in [0.25, 0.3) is 0 Å². The van der Waals surface area contributed by atoms with Crippen LogP contribution in [0.1, 0.15) is 42.7 Å². The molecule has 0 fully saturated rings. The number of aromatic nitrogens is 2. The van der Waals surface area contributed by atoms with Gasteiger partial charge in [0.15, 0.2) is 10.1 Å². The second kappa shape index (κ2) is 8.96. The van der Waals surface area contributed by atoms with Gasteiger partial charge in [0.25, 0.3) is 0 Å². The van der Waals surface area contributed by atoms with Gasteiger partial charge in [0.05, 0.1) is 0 Å². The number of anilines is 1. The number of amides is 1. The highest BCUT2D eigenvalue weighted by atomic mass is 32.2. The molecule has 1 aliphatic heterocycles. The van der Waals surface area contributed by atoms with Crippen LogP contribution < -0.4 is 4.90 Å². The molecule has 0 N–H and O–H groups in total. The van der Waals surface area contributed by atoms with Gasteiger partial charge in [-0.2, -0.15) is 0 Å². The molecule has 1 aliphatic carbocycles. The number of thioether (sulfide) groups is 1. The average molecular weight is 466 g/mol. The molecule has 1 aromatic heterocycles. The van der Waals surface area contributed by atoms with Crippen LogP contribution in [0, 0.1) is 5.82 Å². The second-order valence-corrected chi connectivity index (χ2v) is 9.95. The van der Waals surface area contributed by atoms with Gasteiger partial charge in [0.2, 0.25) is 11.0 Å². The van der Waals surface area contributed by atoms with Crippen molar-refractivity contribution in [3.63, 3.8) is 0 Å². The maximum atomic E-state index is 14.6. The minimum absolute atomic E-state index is 0.0137. The van der Waals surface area contributed by atoms with E-state index >= 15 is 0 Å². The predicted octanol–water partition coefficient (Wildman–Crippen LogP) is 5.50. The Morgan fingerprint density at radius 3 is 2.62 bits per heavy atom.